The van der Waals surface area contributed by atoms with Gasteiger partial charge in [0.2, 0.25) is 0 Å². The lowest BCUT2D eigenvalue weighted by Gasteiger charge is -2.14. The van der Waals surface area contributed by atoms with Crippen LogP contribution in [0.2, 0.25) is 5.02 Å². The smallest absolute Gasteiger partial charge is 0.133 e. The van der Waals surface area contributed by atoms with E-state index in [-0.39, 0.29) is 0 Å². The molecule has 0 aliphatic heterocycles. The lowest BCUT2D eigenvalue weighted by atomic mass is 10.2. The summed E-state index contributed by atoms with van der Waals surface area (Å²) in [5.74, 6) is 1.33. The monoisotopic (exact) mass is 319 g/mol. The van der Waals surface area contributed by atoms with Gasteiger partial charge in [-0.25, -0.2) is 0 Å². The van der Waals surface area contributed by atoms with Crippen LogP contribution in [0.3, 0.4) is 0 Å². The molecule has 0 amide bonds. The molecule has 1 aromatic carbocycles. The van der Waals surface area contributed by atoms with Crippen LogP contribution in [-0.4, -0.2) is 19.7 Å². The van der Waals surface area contributed by atoms with Gasteiger partial charge in [0.05, 0.1) is 11.1 Å². The summed E-state index contributed by atoms with van der Waals surface area (Å²) in [7, 11) is 0. The van der Waals surface area contributed by atoms with Gasteiger partial charge in [0.15, 0.2) is 0 Å². The number of benzene rings is 1. The Morgan fingerprint density at radius 3 is 2.88 bits per heavy atom. The first-order chi connectivity index (χ1) is 8.13. The molecule has 0 aliphatic carbocycles. The predicted octanol–water partition coefficient (Wildman–Crippen LogP) is 4.12. The van der Waals surface area contributed by atoms with Crippen LogP contribution < -0.4 is 10.1 Å². The Morgan fingerprint density at radius 2 is 2.24 bits per heavy atom. The highest BCUT2D eigenvalue weighted by Crippen LogP contribution is 2.28. The van der Waals surface area contributed by atoms with Crippen molar-refractivity contribution in [3.05, 3.63) is 27.7 Å². The first-order valence-electron chi connectivity index (χ1n) is 5.92. The zero-order valence-electron chi connectivity index (χ0n) is 10.3. The first kappa shape index (κ1) is 14.8. The largest absolute Gasteiger partial charge is 0.492 e. The maximum Gasteiger partial charge on any atom is 0.133 e. The van der Waals surface area contributed by atoms with Crippen LogP contribution in [0.25, 0.3) is 0 Å². The molecule has 1 N–H and O–H groups in total. The standard InChI is InChI=1S/C13H19BrClNO/c1-3-6-16-8-10(2)9-17-13-5-4-11(15)7-12(13)14/h4-5,7,10,16H,3,6,8-9H2,1-2H3. The second-order valence-electron chi connectivity index (χ2n) is 4.20. The van der Waals surface area contributed by atoms with Crippen molar-refractivity contribution in [2.45, 2.75) is 20.3 Å². The SMILES string of the molecule is CCCNCC(C)COc1ccc(Cl)cc1Br. The molecule has 0 saturated carbocycles. The second-order valence-corrected chi connectivity index (χ2v) is 5.49. The molecule has 0 heterocycles. The average Bonchev–Trinajstić information content (AvgIpc) is 2.28. The van der Waals surface area contributed by atoms with E-state index >= 15 is 0 Å². The summed E-state index contributed by atoms with van der Waals surface area (Å²) >= 11 is 9.30. The van der Waals surface area contributed by atoms with Gasteiger partial charge < -0.3 is 10.1 Å². The van der Waals surface area contributed by atoms with Crippen molar-refractivity contribution < 1.29 is 4.74 Å². The van der Waals surface area contributed by atoms with E-state index in [1.54, 1.807) is 0 Å². The normalized spacial score (nSPS) is 12.5. The minimum Gasteiger partial charge on any atom is -0.492 e. The molecule has 96 valence electrons. The van der Waals surface area contributed by atoms with Gasteiger partial charge in [-0.3, -0.25) is 0 Å². The fraction of sp³-hybridized carbons (Fsp3) is 0.538. The number of hydrogen-bond donors (Lipinski definition) is 1. The number of halogens is 2. The molecule has 4 heteroatoms. The molecule has 0 saturated heterocycles. The predicted molar refractivity (Wildman–Crippen MR) is 77.0 cm³/mol. The van der Waals surface area contributed by atoms with Crippen LogP contribution in [0.5, 0.6) is 5.75 Å². The molecule has 0 spiro atoms. The third kappa shape index (κ3) is 5.75. The van der Waals surface area contributed by atoms with Crippen LogP contribution in [0.4, 0.5) is 0 Å². The highest BCUT2D eigenvalue weighted by Gasteiger charge is 2.05. The van der Waals surface area contributed by atoms with Crippen LogP contribution in [0.1, 0.15) is 20.3 Å². The summed E-state index contributed by atoms with van der Waals surface area (Å²) in [6.45, 7) is 7.09. The van der Waals surface area contributed by atoms with Crippen molar-refractivity contribution in [3.8, 4) is 5.75 Å². The van der Waals surface area contributed by atoms with Gasteiger partial charge in [0.1, 0.15) is 5.75 Å². The molecule has 1 unspecified atom stereocenters. The lowest BCUT2D eigenvalue weighted by molar-refractivity contribution is 0.254. The maximum absolute atomic E-state index is 5.87. The van der Waals surface area contributed by atoms with E-state index in [1.807, 2.05) is 18.2 Å². The highest BCUT2D eigenvalue weighted by atomic mass is 79.9. The number of hydrogen-bond acceptors (Lipinski definition) is 2. The summed E-state index contributed by atoms with van der Waals surface area (Å²) in [4.78, 5) is 0. The third-order valence-electron chi connectivity index (χ3n) is 2.34. The molecular weight excluding hydrogens is 302 g/mol. The van der Waals surface area contributed by atoms with Crippen molar-refractivity contribution >= 4 is 27.5 Å². The Kier molecular flexibility index (Phi) is 6.93. The van der Waals surface area contributed by atoms with Gasteiger partial charge in [-0.1, -0.05) is 25.4 Å². The van der Waals surface area contributed by atoms with Crippen LogP contribution in [-0.2, 0) is 0 Å². The van der Waals surface area contributed by atoms with Crippen molar-refractivity contribution in [2.24, 2.45) is 5.92 Å². The van der Waals surface area contributed by atoms with Crippen molar-refractivity contribution in [1.29, 1.82) is 0 Å². The number of ether oxygens (including phenoxy) is 1. The van der Waals surface area contributed by atoms with Gasteiger partial charge in [-0.15, -0.1) is 0 Å². The van der Waals surface area contributed by atoms with E-state index in [4.69, 9.17) is 16.3 Å². The first-order valence-corrected chi connectivity index (χ1v) is 7.09. The highest BCUT2D eigenvalue weighted by molar-refractivity contribution is 9.10. The molecule has 1 aromatic rings. The number of nitrogens with one attached hydrogen (secondary N) is 1. The zero-order chi connectivity index (χ0) is 12.7. The van der Waals surface area contributed by atoms with E-state index in [0.29, 0.717) is 17.5 Å². The average molecular weight is 321 g/mol. The van der Waals surface area contributed by atoms with Crippen LogP contribution in [0, 0.1) is 5.92 Å². The Bertz CT molecular complexity index is 346. The molecular formula is C13H19BrClNO. The molecule has 0 bridgehead atoms. The molecule has 0 fully saturated rings. The minimum absolute atomic E-state index is 0.490. The Morgan fingerprint density at radius 1 is 1.47 bits per heavy atom. The van der Waals surface area contributed by atoms with Gasteiger partial charge in [0.25, 0.3) is 0 Å². The Balaban J connectivity index is 2.34. The van der Waals surface area contributed by atoms with Crippen LogP contribution >= 0.6 is 27.5 Å². The summed E-state index contributed by atoms with van der Waals surface area (Å²) < 4.78 is 6.64. The fourth-order valence-corrected chi connectivity index (χ4v) is 2.21. The van der Waals surface area contributed by atoms with E-state index < -0.39 is 0 Å². The molecule has 0 radical (unpaired) electrons. The summed E-state index contributed by atoms with van der Waals surface area (Å²) in [6.07, 6.45) is 1.16. The summed E-state index contributed by atoms with van der Waals surface area (Å²) in [5.41, 5.74) is 0. The minimum atomic E-state index is 0.490. The lowest BCUT2D eigenvalue weighted by Crippen LogP contribution is -2.25. The van der Waals surface area contributed by atoms with Gasteiger partial charge >= 0.3 is 0 Å². The van der Waals surface area contributed by atoms with Gasteiger partial charge in [-0.05, 0) is 47.1 Å². The quantitative estimate of drug-likeness (QED) is 0.763. The van der Waals surface area contributed by atoms with E-state index in [0.717, 1.165) is 29.7 Å². The van der Waals surface area contributed by atoms with Crippen molar-refractivity contribution in [2.75, 3.05) is 19.7 Å². The van der Waals surface area contributed by atoms with Crippen molar-refractivity contribution in [1.82, 2.24) is 5.32 Å². The fourth-order valence-electron chi connectivity index (χ4n) is 1.41. The topological polar surface area (TPSA) is 21.3 Å². The second kappa shape index (κ2) is 7.96. The summed E-state index contributed by atoms with van der Waals surface area (Å²) in [6, 6.07) is 5.57. The van der Waals surface area contributed by atoms with E-state index in [2.05, 4.69) is 35.1 Å². The summed E-state index contributed by atoms with van der Waals surface area (Å²) in [5, 5.41) is 4.09. The van der Waals surface area contributed by atoms with Crippen LogP contribution in [0.15, 0.2) is 22.7 Å². The number of rotatable bonds is 7. The third-order valence-corrected chi connectivity index (χ3v) is 3.19. The van der Waals surface area contributed by atoms with E-state index in [1.165, 1.54) is 0 Å². The van der Waals surface area contributed by atoms with E-state index in [9.17, 15) is 0 Å². The van der Waals surface area contributed by atoms with Gasteiger partial charge in [-0.2, -0.15) is 0 Å². The zero-order valence-corrected chi connectivity index (χ0v) is 12.6. The Labute approximate surface area is 117 Å². The molecule has 2 nitrogen and oxygen atoms in total. The maximum atomic E-state index is 5.87. The molecule has 1 atom stereocenters. The Hall–Kier alpha value is -0.250. The molecule has 1 rings (SSSR count). The molecule has 0 aromatic heterocycles. The molecule has 17 heavy (non-hydrogen) atoms. The van der Waals surface area contributed by atoms with Crippen molar-refractivity contribution in [3.63, 3.8) is 0 Å². The molecule has 0 aliphatic rings. The van der Waals surface area contributed by atoms with Gasteiger partial charge in [0, 0.05) is 17.5 Å².